The van der Waals surface area contributed by atoms with Crippen LogP contribution in [0.5, 0.6) is 11.5 Å². The van der Waals surface area contributed by atoms with Crippen molar-refractivity contribution in [2.75, 3.05) is 14.2 Å². The fraction of sp³-hybridized carbons (Fsp3) is 0.263. The van der Waals surface area contributed by atoms with Crippen molar-refractivity contribution in [3.8, 4) is 11.5 Å². The lowest BCUT2D eigenvalue weighted by Crippen LogP contribution is -2.28. The van der Waals surface area contributed by atoms with E-state index < -0.39 is 0 Å². The first-order chi connectivity index (χ1) is 12.1. The molecule has 6 heteroatoms. The van der Waals surface area contributed by atoms with Gasteiger partial charge >= 0.3 is 0 Å². The summed E-state index contributed by atoms with van der Waals surface area (Å²) in [5.74, 6) is 1.26. The molecule has 3 aromatic rings. The van der Waals surface area contributed by atoms with E-state index >= 15 is 0 Å². The molecule has 0 saturated heterocycles. The van der Waals surface area contributed by atoms with Crippen molar-refractivity contribution in [2.45, 2.75) is 19.4 Å². The summed E-state index contributed by atoms with van der Waals surface area (Å²) < 4.78 is 15.9. The molecule has 3 rings (SSSR count). The highest BCUT2D eigenvalue weighted by Gasteiger charge is 2.17. The molecule has 6 nitrogen and oxygen atoms in total. The molecule has 0 aliphatic heterocycles. The van der Waals surface area contributed by atoms with E-state index in [0.29, 0.717) is 22.8 Å². The highest BCUT2D eigenvalue weighted by molar-refractivity contribution is 5.86. The van der Waals surface area contributed by atoms with Gasteiger partial charge in [-0.25, -0.2) is 0 Å². The van der Waals surface area contributed by atoms with Gasteiger partial charge in [0.25, 0.3) is 0 Å². The van der Waals surface area contributed by atoms with Crippen molar-refractivity contribution in [1.82, 2.24) is 10.5 Å². The van der Waals surface area contributed by atoms with Crippen molar-refractivity contribution in [3.05, 3.63) is 53.7 Å². The van der Waals surface area contributed by atoms with Gasteiger partial charge in [0.05, 0.1) is 26.7 Å². The van der Waals surface area contributed by atoms with Crippen LogP contribution in [0, 0.1) is 0 Å². The third-order valence-corrected chi connectivity index (χ3v) is 4.06. The fourth-order valence-electron chi connectivity index (χ4n) is 2.77. The predicted molar refractivity (Wildman–Crippen MR) is 93.8 cm³/mol. The highest BCUT2D eigenvalue weighted by atomic mass is 16.5. The molecule has 0 saturated carbocycles. The number of benzene rings is 2. The Morgan fingerprint density at radius 2 is 2.00 bits per heavy atom. The van der Waals surface area contributed by atoms with E-state index in [0.717, 1.165) is 10.9 Å². The normalized spacial score (nSPS) is 12.0. The van der Waals surface area contributed by atoms with E-state index in [1.165, 1.54) is 0 Å². The summed E-state index contributed by atoms with van der Waals surface area (Å²) in [6.07, 6.45) is 0.146. The molecule has 1 N–H and O–H groups in total. The molecule has 0 aliphatic rings. The molecule has 1 amide bonds. The van der Waals surface area contributed by atoms with Crippen molar-refractivity contribution in [2.24, 2.45) is 0 Å². The molecule has 1 atom stereocenters. The summed E-state index contributed by atoms with van der Waals surface area (Å²) in [4.78, 5) is 12.4. The zero-order valence-corrected chi connectivity index (χ0v) is 14.4. The number of carbonyl (C=O) groups excluding carboxylic acids is 1. The van der Waals surface area contributed by atoms with Gasteiger partial charge in [0.1, 0.15) is 17.2 Å². The maximum atomic E-state index is 12.4. The van der Waals surface area contributed by atoms with Crippen molar-refractivity contribution in [1.29, 1.82) is 0 Å². The zero-order valence-electron chi connectivity index (χ0n) is 14.4. The summed E-state index contributed by atoms with van der Waals surface area (Å²) in [5.41, 5.74) is 2.14. The van der Waals surface area contributed by atoms with Gasteiger partial charge in [0.15, 0.2) is 5.58 Å². The van der Waals surface area contributed by atoms with Crippen LogP contribution in [0.25, 0.3) is 11.0 Å². The van der Waals surface area contributed by atoms with Gasteiger partial charge < -0.3 is 19.3 Å². The number of hydrogen-bond donors (Lipinski definition) is 1. The molecular formula is C19H20N2O4. The van der Waals surface area contributed by atoms with Crippen LogP contribution in [0.1, 0.15) is 24.2 Å². The number of ether oxygens (including phenoxy) is 2. The number of hydrogen-bond acceptors (Lipinski definition) is 5. The van der Waals surface area contributed by atoms with Crippen LogP contribution in [0.2, 0.25) is 0 Å². The first-order valence-corrected chi connectivity index (χ1v) is 7.97. The van der Waals surface area contributed by atoms with Gasteiger partial charge in [0, 0.05) is 10.9 Å². The van der Waals surface area contributed by atoms with Crippen LogP contribution in [-0.4, -0.2) is 25.3 Å². The molecule has 0 spiro atoms. The Balaban J connectivity index is 1.74. The van der Waals surface area contributed by atoms with E-state index in [4.69, 9.17) is 14.0 Å². The lowest BCUT2D eigenvalue weighted by Gasteiger charge is -2.18. The van der Waals surface area contributed by atoms with Gasteiger partial charge in [-0.1, -0.05) is 17.3 Å². The Morgan fingerprint density at radius 1 is 1.20 bits per heavy atom. The molecule has 1 heterocycles. The highest BCUT2D eigenvalue weighted by Crippen LogP contribution is 2.29. The Hall–Kier alpha value is -3.02. The predicted octanol–water partition coefficient (Wildman–Crippen LogP) is 3.26. The summed E-state index contributed by atoms with van der Waals surface area (Å²) in [6.45, 7) is 1.90. The van der Waals surface area contributed by atoms with Crippen LogP contribution >= 0.6 is 0 Å². The maximum absolute atomic E-state index is 12.4. The van der Waals surface area contributed by atoms with Crippen molar-refractivity contribution < 1.29 is 18.8 Å². The number of aromatic nitrogens is 1. The molecule has 0 bridgehead atoms. The Bertz CT molecular complexity index is 888. The number of methoxy groups -OCH3 is 2. The molecule has 0 radical (unpaired) electrons. The van der Waals surface area contributed by atoms with Crippen LogP contribution in [0.15, 0.2) is 47.0 Å². The zero-order chi connectivity index (χ0) is 17.8. The molecule has 130 valence electrons. The van der Waals surface area contributed by atoms with Gasteiger partial charge in [0.2, 0.25) is 5.91 Å². The second-order valence-corrected chi connectivity index (χ2v) is 5.70. The van der Waals surface area contributed by atoms with Crippen molar-refractivity contribution in [3.63, 3.8) is 0 Å². The van der Waals surface area contributed by atoms with Crippen molar-refractivity contribution >= 4 is 16.9 Å². The summed E-state index contributed by atoms with van der Waals surface area (Å²) in [7, 11) is 3.20. The Labute approximate surface area is 145 Å². The third kappa shape index (κ3) is 3.57. The van der Waals surface area contributed by atoms with E-state index in [9.17, 15) is 4.79 Å². The smallest absolute Gasteiger partial charge is 0.226 e. The largest absolute Gasteiger partial charge is 0.497 e. The van der Waals surface area contributed by atoms with Gasteiger partial charge in [-0.3, -0.25) is 4.79 Å². The number of fused-ring (bicyclic) bond motifs is 1. The van der Waals surface area contributed by atoms with Gasteiger partial charge in [-0.05, 0) is 37.3 Å². The average molecular weight is 340 g/mol. The number of carbonyl (C=O) groups is 1. The minimum absolute atomic E-state index is 0.142. The quantitative estimate of drug-likeness (QED) is 0.745. The van der Waals surface area contributed by atoms with E-state index in [1.54, 1.807) is 14.2 Å². The molecule has 2 aromatic carbocycles. The second kappa shape index (κ2) is 7.25. The molecule has 0 fully saturated rings. The van der Waals surface area contributed by atoms with E-state index in [2.05, 4.69) is 10.5 Å². The molecular weight excluding hydrogens is 320 g/mol. The van der Waals surface area contributed by atoms with E-state index in [1.807, 2.05) is 49.4 Å². The molecule has 1 aromatic heterocycles. The van der Waals surface area contributed by atoms with Crippen LogP contribution < -0.4 is 14.8 Å². The second-order valence-electron chi connectivity index (χ2n) is 5.70. The topological polar surface area (TPSA) is 73.6 Å². The first kappa shape index (κ1) is 16.8. The number of amides is 1. The summed E-state index contributed by atoms with van der Waals surface area (Å²) in [5, 5.41) is 7.82. The van der Waals surface area contributed by atoms with Crippen LogP contribution in [0.4, 0.5) is 0 Å². The minimum atomic E-state index is -0.240. The molecule has 25 heavy (non-hydrogen) atoms. The van der Waals surface area contributed by atoms with Crippen LogP contribution in [-0.2, 0) is 11.2 Å². The summed E-state index contributed by atoms with van der Waals surface area (Å²) >= 11 is 0. The first-order valence-electron chi connectivity index (χ1n) is 7.97. The fourth-order valence-corrected chi connectivity index (χ4v) is 2.77. The summed E-state index contributed by atoms with van der Waals surface area (Å²) in [6, 6.07) is 12.7. The SMILES string of the molecule is COc1ccc(OC)c([C@H](C)NC(=O)Cc2noc3ccccc23)c1. The lowest BCUT2D eigenvalue weighted by atomic mass is 10.1. The lowest BCUT2D eigenvalue weighted by molar-refractivity contribution is -0.121. The monoisotopic (exact) mass is 340 g/mol. The Kier molecular flexibility index (Phi) is 4.88. The third-order valence-electron chi connectivity index (χ3n) is 4.06. The molecule has 0 unspecified atom stereocenters. The number of nitrogens with zero attached hydrogens (tertiary/aromatic N) is 1. The Morgan fingerprint density at radius 3 is 2.76 bits per heavy atom. The average Bonchev–Trinajstić information content (AvgIpc) is 3.04. The molecule has 0 aliphatic carbocycles. The number of rotatable bonds is 6. The van der Waals surface area contributed by atoms with Gasteiger partial charge in [-0.2, -0.15) is 0 Å². The van der Waals surface area contributed by atoms with E-state index in [-0.39, 0.29) is 18.4 Å². The number of para-hydroxylation sites is 1. The standard InChI is InChI=1S/C19H20N2O4/c1-12(15-10-13(23-2)8-9-17(15)24-3)20-19(22)11-16-14-6-4-5-7-18(14)25-21-16/h4-10,12H,11H2,1-3H3,(H,20,22)/t12-/m0/s1. The minimum Gasteiger partial charge on any atom is -0.497 e. The van der Waals surface area contributed by atoms with Gasteiger partial charge in [-0.15, -0.1) is 0 Å². The van der Waals surface area contributed by atoms with Crippen LogP contribution in [0.3, 0.4) is 0 Å². The maximum Gasteiger partial charge on any atom is 0.226 e. The number of nitrogens with one attached hydrogen (secondary N) is 1.